The molecule has 2 aromatic carbocycles. The minimum absolute atomic E-state index is 0.180. The van der Waals surface area contributed by atoms with Crippen molar-refractivity contribution in [3.05, 3.63) is 65.9 Å². The van der Waals surface area contributed by atoms with Crippen molar-refractivity contribution in [2.75, 3.05) is 5.32 Å². The summed E-state index contributed by atoms with van der Waals surface area (Å²) >= 11 is 1.36. The van der Waals surface area contributed by atoms with Crippen LogP contribution >= 0.6 is 11.3 Å². The van der Waals surface area contributed by atoms with Crippen LogP contribution in [0.1, 0.15) is 16.1 Å². The van der Waals surface area contributed by atoms with Gasteiger partial charge >= 0.3 is 0 Å². The predicted molar refractivity (Wildman–Crippen MR) is 96.3 cm³/mol. The van der Waals surface area contributed by atoms with Crippen molar-refractivity contribution in [1.29, 1.82) is 0 Å². The molecule has 2 N–H and O–H groups in total. The number of nitrogens with one attached hydrogen (secondary N) is 2. The van der Waals surface area contributed by atoms with E-state index >= 15 is 0 Å². The van der Waals surface area contributed by atoms with Crippen molar-refractivity contribution in [2.45, 2.75) is 6.92 Å². The van der Waals surface area contributed by atoms with Crippen LogP contribution in [0.4, 0.5) is 5.13 Å². The Morgan fingerprint density at radius 3 is 2.62 bits per heavy atom. The lowest BCUT2D eigenvalue weighted by atomic mass is 10.1. The van der Waals surface area contributed by atoms with Gasteiger partial charge in [0.15, 0.2) is 0 Å². The number of aromatic amines is 1. The standard InChI is InChI=1S/C18H14N4OS/c1-11-15(13-9-5-6-10-14(13)19-11)16(23)20-18-22-21-17(24-18)12-7-3-2-4-8-12/h2-10,19H,1H3,(H,20,22,23). The van der Waals surface area contributed by atoms with Crippen LogP contribution in [0.25, 0.3) is 21.5 Å². The van der Waals surface area contributed by atoms with E-state index in [1.807, 2.05) is 61.5 Å². The Balaban J connectivity index is 1.63. The highest BCUT2D eigenvalue weighted by Crippen LogP contribution is 2.27. The fourth-order valence-corrected chi connectivity index (χ4v) is 3.44. The van der Waals surface area contributed by atoms with Crippen molar-refractivity contribution in [3.8, 4) is 10.6 Å². The van der Waals surface area contributed by atoms with E-state index in [1.54, 1.807) is 0 Å². The molecule has 0 aliphatic rings. The van der Waals surface area contributed by atoms with E-state index in [2.05, 4.69) is 20.5 Å². The molecule has 2 heterocycles. The third kappa shape index (κ3) is 2.57. The zero-order valence-corrected chi connectivity index (χ0v) is 13.7. The number of para-hydroxylation sites is 1. The number of hydrogen-bond donors (Lipinski definition) is 2. The molecule has 0 saturated heterocycles. The second-order valence-corrected chi connectivity index (χ2v) is 6.38. The van der Waals surface area contributed by atoms with Gasteiger partial charge in [0.25, 0.3) is 5.91 Å². The highest BCUT2D eigenvalue weighted by molar-refractivity contribution is 7.18. The molecule has 6 heteroatoms. The summed E-state index contributed by atoms with van der Waals surface area (Å²) in [6.07, 6.45) is 0. The lowest BCUT2D eigenvalue weighted by Crippen LogP contribution is -2.12. The number of carbonyl (C=O) groups excluding carboxylic acids is 1. The molecule has 0 unspecified atom stereocenters. The number of nitrogens with zero attached hydrogens (tertiary/aromatic N) is 2. The summed E-state index contributed by atoms with van der Waals surface area (Å²) in [6, 6.07) is 17.5. The van der Waals surface area contributed by atoms with Gasteiger partial charge in [0.1, 0.15) is 5.01 Å². The predicted octanol–water partition coefficient (Wildman–Crippen LogP) is 4.25. The van der Waals surface area contributed by atoms with Crippen LogP contribution in [0.15, 0.2) is 54.6 Å². The first kappa shape index (κ1) is 14.6. The second kappa shape index (κ2) is 5.90. The molecule has 5 nitrogen and oxygen atoms in total. The van der Waals surface area contributed by atoms with Gasteiger partial charge in [-0.15, -0.1) is 10.2 Å². The maximum atomic E-state index is 12.7. The highest BCUT2D eigenvalue weighted by Gasteiger charge is 2.17. The molecular formula is C18H14N4OS. The molecule has 4 aromatic rings. The summed E-state index contributed by atoms with van der Waals surface area (Å²) in [5, 5.41) is 13.3. The largest absolute Gasteiger partial charge is 0.358 e. The maximum Gasteiger partial charge on any atom is 0.259 e. The van der Waals surface area contributed by atoms with Gasteiger partial charge in [-0.2, -0.15) is 0 Å². The summed E-state index contributed by atoms with van der Waals surface area (Å²) < 4.78 is 0. The Hall–Kier alpha value is -2.99. The van der Waals surface area contributed by atoms with Crippen molar-refractivity contribution < 1.29 is 4.79 Å². The molecule has 1 amide bonds. The zero-order valence-electron chi connectivity index (χ0n) is 12.9. The van der Waals surface area contributed by atoms with Crippen LogP contribution in [0.3, 0.4) is 0 Å². The topological polar surface area (TPSA) is 70.7 Å². The van der Waals surface area contributed by atoms with Gasteiger partial charge in [-0.25, -0.2) is 0 Å². The van der Waals surface area contributed by atoms with E-state index in [9.17, 15) is 4.79 Å². The summed E-state index contributed by atoms with van der Waals surface area (Å²) in [5.41, 5.74) is 3.41. The molecule has 0 fully saturated rings. The second-order valence-electron chi connectivity index (χ2n) is 5.40. The van der Waals surface area contributed by atoms with Gasteiger partial charge in [0.2, 0.25) is 5.13 Å². The fourth-order valence-electron chi connectivity index (χ4n) is 2.70. The summed E-state index contributed by atoms with van der Waals surface area (Å²) in [4.78, 5) is 15.9. The van der Waals surface area contributed by atoms with E-state index in [1.165, 1.54) is 11.3 Å². The first-order valence-corrected chi connectivity index (χ1v) is 8.31. The van der Waals surface area contributed by atoms with Crippen molar-refractivity contribution in [2.24, 2.45) is 0 Å². The first-order chi connectivity index (χ1) is 11.7. The SMILES string of the molecule is Cc1[nH]c2ccccc2c1C(=O)Nc1nnc(-c2ccccc2)s1. The number of rotatable bonds is 3. The summed E-state index contributed by atoms with van der Waals surface area (Å²) in [6.45, 7) is 1.89. The van der Waals surface area contributed by atoms with Gasteiger partial charge in [-0.1, -0.05) is 59.9 Å². The Kier molecular flexibility index (Phi) is 3.59. The first-order valence-electron chi connectivity index (χ1n) is 7.50. The van der Waals surface area contributed by atoms with Gasteiger partial charge in [0.05, 0.1) is 5.56 Å². The number of benzene rings is 2. The number of amides is 1. The molecule has 0 spiro atoms. The quantitative estimate of drug-likeness (QED) is 0.588. The molecule has 2 aromatic heterocycles. The number of hydrogen-bond acceptors (Lipinski definition) is 4. The average molecular weight is 334 g/mol. The van der Waals surface area contributed by atoms with E-state index in [0.29, 0.717) is 10.7 Å². The molecule has 0 saturated carbocycles. The molecular weight excluding hydrogens is 320 g/mol. The Morgan fingerprint density at radius 2 is 1.79 bits per heavy atom. The molecule has 0 atom stereocenters. The number of anilines is 1. The van der Waals surface area contributed by atoms with E-state index < -0.39 is 0 Å². The van der Waals surface area contributed by atoms with Crippen LogP contribution in [-0.4, -0.2) is 21.1 Å². The Bertz CT molecular complexity index is 1020. The van der Waals surface area contributed by atoms with Crippen molar-refractivity contribution in [1.82, 2.24) is 15.2 Å². The summed E-state index contributed by atoms with van der Waals surface area (Å²) in [5.74, 6) is -0.180. The fraction of sp³-hybridized carbons (Fsp3) is 0.0556. The van der Waals surface area contributed by atoms with E-state index in [4.69, 9.17) is 0 Å². The smallest absolute Gasteiger partial charge is 0.259 e. The van der Waals surface area contributed by atoms with E-state index in [-0.39, 0.29) is 5.91 Å². The number of aromatic nitrogens is 3. The number of aryl methyl sites for hydroxylation is 1. The highest BCUT2D eigenvalue weighted by atomic mass is 32.1. The summed E-state index contributed by atoms with van der Waals surface area (Å²) in [7, 11) is 0. The third-order valence-corrected chi connectivity index (χ3v) is 4.67. The lowest BCUT2D eigenvalue weighted by Gasteiger charge is -2.01. The molecule has 0 aliphatic carbocycles. The monoisotopic (exact) mass is 334 g/mol. The van der Waals surface area contributed by atoms with Crippen molar-refractivity contribution in [3.63, 3.8) is 0 Å². The van der Waals surface area contributed by atoms with Crippen LogP contribution in [0.2, 0.25) is 0 Å². The molecule has 0 aliphatic heterocycles. The lowest BCUT2D eigenvalue weighted by molar-refractivity contribution is 0.102. The number of fused-ring (bicyclic) bond motifs is 1. The third-order valence-electron chi connectivity index (χ3n) is 3.79. The van der Waals surface area contributed by atoms with Gasteiger partial charge in [-0.05, 0) is 13.0 Å². The Morgan fingerprint density at radius 1 is 1.04 bits per heavy atom. The molecule has 4 rings (SSSR count). The molecule has 24 heavy (non-hydrogen) atoms. The number of carbonyl (C=O) groups is 1. The van der Waals surface area contributed by atoms with Crippen molar-refractivity contribution >= 4 is 33.3 Å². The van der Waals surface area contributed by atoms with Crippen LogP contribution < -0.4 is 5.32 Å². The van der Waals surface area contributed by atoms with Gasteiger partial charge in [-0.3, -0.25) is 10.1 Å². The van der Waals surface area contributed by atoms with Crippen LogP contribution in [-0.2, 0) is 0 Å². The Labute approximate surface area is 142 Å². The van der Waals surface area contributed by atoms with Crippen LogP contribution in [0, 0.1) is 6.92 Å². The normalized spacial score (nSPS) is 10.9. The molecule has 0 radical (unpaired) electrons. The zero-order chi connectivity index (χ0) is 16.5. The minimum Gasteiger partial charge on any atom is -0.358 e. The van der Waals surface area contributed by atoms with Gasteiger partial charge in [0, 0.05) is 22.2 Å². The minimum atomic E-state index is -0.180. The van der Waals surface area contributed by atoms with Crippen LogP contribution in [0.5, 0.6) is 0 Å². The van der Waals surface area contributed by atoms with Gasteiger partial charge < -0.3 is 4.98 Å². The molecule has 0 bridgehead atoms. The number of H-pyrrole nitrogens is 1. The maximum absolute atomic E-state index is 12.7. The van der Waals surface area contributed by atoms with E-state index in [0.717, 1.165) is 27.2 Å². The molecule has 118 valence electrons. The average Bonchev–Trinajstić information content (AvgIpc) is 3.19.